The molecule has 1 fully saturated rings. The number of carbonyl (C=O) groups excluding carboxylic acids is 1. The average molecular weight is 282 g/mol. The van der Waals surface area contributed by atoms with Crippen LogP contribution in [-0.2, 0) is 14.9 Å². The van der Waals surface area contributed by atoms with Gasteiger partial charge >= 0.3 is 5.97 Å². The maximum absolute atomic E-state index is 11.6. The van der Waals surface area contributed by atoms with Crippen LogP contribution >= 0.6 is 11.6 Å². The minimum atomic E-state index is -0.122. The maximum atomic E-state index is 11.6. The predicted molar refractivity (Wildman–Crippen MR) is 75.4 cm³/mol. The molecule has 4 heteroatoms. The first-order chi connectivity index (χ1) is 8.84. The highest BCUT2D eigenvalue weighted by Gasteiger charge is 2.46. The van der Waals surface area contributed by atoms with Crippen molar-refractivity contribution in [2.75, 3.05) is 6.61 Å². The quantitative estimate of drug-likeness (QED) is 0.626. The van der Waals surface area contributed by atoms with Crippen molar-refractivity contribution >= 4 is 17.6 Å². The van der Waals surface area contributed by atoms with E-state index in [2.05, 4.69) is 25.8 Å². The van der Waals surface area contributed by atoms with Gasteiger partial charge in [-0.1, -0.05) is 38.4 Å². The number of rotatable bonds is 3. The lowest BCUT2D eigenvalue weighted by atomic mass is 9.91. The topological polar surface area (TPSA) is 39.2 Å². The predicted octanol–water partition coefficient (Wildman–Crippen LogP) is 3.70. The second-order valence-electron chi connectivity index (χ2n) is 6.03. The molecule has 1 saturated carbocycles. The number of ether oxygens (including phenoxy) is 1. The van der Waals surface area contributed by atoms with Gasteiger partial charge in [-0.05, 0) is 25.0 Å². The van der Waals surface area contributed by atoms with Gasteiger partial charge in [0.2, 0.25) is 0 Å². The smallest absolute Gasteiger partial charge is 0.309 e. The summed E-state index contributed by atoms with van der Waals surface area (Å²) in [7, 11) is 0. The third-order valence-corrected chi connectivity index (χ3v) is 3.73. The Kier molecular flexibility index (Phi) is 3.86. The van der Waals surface area contributed by atoms with Crippen LogP contribution in [-0.4, -0.2) is 17.6 Å². The fraction of sp³-hybridized carbons (Fsp3) is 0.600. The first kappa shape index (κ1) is 14.3. The van der Waals surface area contributed by atoms with Gasteiger partial charge in [0.05, 0.1) is 12.5 Å². The number of pyridine rings is 1. The highest BCUT2D eigenvalue weighted by Crippen LogP contribution is 2.50. The molecule has 0 aromatic carbocycles. The van der Waals surface area contributed by atoms with Crippen LogP contribution in [0.4, 0.5) is 0 Å². The largest absolute Gasteiger partial charge is 0.466 e. The van der Waals surface area contributed by atoms with Crippen LogP contribution in [0.5, 0.6) is 0 Å². The fourth-order valence-corrected chi connectivity index (χ4v) is 2.48. The molecular formula is C15H20ClNO2. The van der Waals surface area contributed by atoms with Crippen LogP contribution in [0.15, 0.2) is 12.1 Å². The number of nitrogens with zero attached hydrogens (tertiary/aromatic N) is 1. The fourth-order valence-electron chi connectivity index (χ4n) is 2.19. The minimum Gasteiger partial charge on any atom is -0.466 e. The van der Waals surface area contributed by atoms with Gasteiger partial charge in [0.25, 0.3) is 0 Å². The van der Waals surface area contributed by atoms with E-state index in [1.165, 1.54) is 0 Å². The number of hydrogen-bond donors (Lipinski definition) is 0. The zero-order valence-corrected chi connectivity index (χ0v) is 12.6. The van der Waals surface area contributed by atoms with Crippen LogP contribution in [0.1, 0.15) is 51.3 Å². The van der Waals surface area contributed by atoms with Gasteiger partial charge in [-0.2, -0.15) is 0 Å². The molecule has 0 amide bonds. The number of aromatic nitrogens is 1. The number of esters is 1. The Bertz CT molecular complexity index is 493. The van der Waals surface area contributed by atoms with E-state index in [4.69, 9.17) is 16.3 Å². The molecule has 2 atom stereocenters. The van der Waals surface area contributed by atoms with Crippen LogP contribution in [0.25, 0.3) is 0 Å². The van der Waals surface area contributed by atoms with Crippen molar-refractivity contribution in [3.8, 4) is 0 Å². The second kappa shape index (κ2) is 5.12. The van der Waals surface area contributed by atoms with E-state index in [0.29, 0.717) is 11.8 Å². The molecule has 1 heterocycles. The van der Waals surface area contributed by atoms with Gasteiger partial charge in [-0.25, -0.2) is 4.98 Å². The summed E-state index contributed by atoms with van der Waals surface area (Å²) in [6.45, 7) is 8.55. The Morgan fingerprint density at radius 1 is 1.47 bits per heavy atom. The van der Waals surface area contributed by atoms with E-state index in [0.717, 1.165) is 17.7 Å². The average Bonchev–Trinajstić information content (AvgIpc) is 3.08. The first-order valence-corrected chi connectivity index (χ1v) is 7.06. The van der Waals surface area contributed by atoms with Crippen molar-refractivity contribution < 1.29 is 9.53 Å². The summed E-state index contributed by atoms with van der Waals surface area (Å²) in [5.74, 6) is 0.0104. The van der Waals surface area contributed by atoms with E-state index in [1.807, 2.05) is 19.1 Å². The summed E-state index contributed by atoms with van der Waals surface area (Å²) in [6.07, 6.45) is 0.815. The SMILES string of the molecule is CCOC(=O)C1CC1c1ccc(C(C)(C)C)nc1Cl. The minimum absolute atomic E-state index is 0.0216. The van der Waals surface area contributed by atoms with Crippen molar-refractivity contribution in [3.05, 3.63) is 28.5 Å². The van der Waals surface area contributed by atoms with Crippen LogP contribution in [0, 0.1) is 5.92 Å². The summed E-state index contributed by atoms with van der Waals surface area (Å²) in [5.41, 5.74) is 1.91. The molecule has 0 spiro atoms. The summed E-state index contributed by atoms with van der Waals surface area (Å²) in [6, 6.07) is 4.00. The summed E-state index contributed by atoms with van der Waals surface area (Å²) >= 11 is 6.25. The molecular weight excluding hydrogens is 262 g/mol. The number of halogens is 1. The Labute approximate surface area is 119 Å². The molecule has 1 aromatic rings. The molecule has 1 aliphatic rings. The molecule has 0 radical (unpaired) electrons. The van der Waals surface area contributed by atoms with E-state index >= 15 is 0 Å². The highest BCUT2D eigenvalue weighted by molar-refractivity contribution is 6.30. The molecule has 0 aliphatic heterocycles. The van der Waals surface area contributed by atoms with Gasteiger partial charge in [0, 0.05) is 17.0 Å². The summed E-state index contributed by atoms with van der Waals surface area (Å²) in [4.78, 5) is 16.1. The zero-order chi connectivity index (χ0) is 14.2. The van der Waals surface area contributed by atoms with Crippen LogP contribution in [0.3, 0.4) is 0 Å². The number of carbonyl (C=O) groups is 1. The van der Waals surface area contributed by atoms with E-state index in [-0.39, 0.29) is 23.2 Å². The first-order valence-electron chi connectivity index (χ1n) is 6.68. The Balaban J connectivity index is 2.14. The van der Waals surface area contributed by atoms with Crippen LogP contribution in [0.2, 0.25) is 5.15 Å². The van der Waals surface area contributed by atoms with Crippen molar-refractivity contribution in [1.29, 1.82) is 0 Å². The Hall–Kier alpha value is -1.09. The molecule has 104 valence electrons. The van der Waals surface area contributed by atoms with Crippen molar-refractivity contribution in [3.63, 3.8) is 0 Å². The lowest BCUT2D eigenvalue weighted by Gasteiger charge is -2.18. The highest BCUT2D eigenvalue weighted by atomic mass is 35.5. The van der Waals surface area contributed by atoms with E-state index in [9.17, 15) is 4.79 Å². The van der Waals surface area contributed by atoms with E-state index in [1.54, 1.807) is 0 Å². The zero-order valence-electron chi connectivity index (χ0n) is 11.9. The molecule has 19 heavy (non-hydrogen) atoms. The second-order valence-corrected chi connectivity index (χ2v) is 6.39. The lowest BCUT2D eigenvalue weighted by Crippen LogP contribution is -2.14. The Morgan fingerprint density at radius 2 is 2.16 bits per heavy atom. The molecule has 2 unspecified atom stereocenters. The molecule has 0 saturated heterocycles. The monoisotopic (exact) mass is 281 g/mol. The van der Waals surface area contributed by atoms with Gasteiger partial charge in [-0.15, -0.1) is 0 Å². The van der Waals surface area contributed by atoms with Gasteiger partial charge in [0.1, 0.15) is 5.15 Å². The maximum Gasteiger partial charge on any atom is 0.309 e. The van der Waals surface area contributed by atoms with Crippen molar-refractivity contribution in [1.82, 2.24) is 4.98 Å². The molecule has 0 N–H and O–H groups in total. The number of hydrogen-bond acceptors (Lipinski definition) is 3. The van der Waals surface area contributed by atoms with Crippen molar-refractivity contribution in [2.24, 2.45) is 5.92 Å². The third kappa shape index (κ3) is 3.08. The van der Waals surface area contributed by atoms with Crippen molar-refractivity contribution in [2.45, 2.75) is 45.4 Å². The molecule has 1 aromatic heterocycles. The van der Waals surface area contributed by atoms with Gasteiger partial charge in [0.15, 0.2) is 0 Å². The summed E-state index contributed by atoms with van der Waals surface area (Å²) < 4.78 is 5.03. The standard InChI is InChI=1S/C15H20ClNO2/c1-5-19-14(18)11-8-10(11)9-6-7-12(15(2,3)4)17-13(9)16/h6-7,10-11H,5,8H2,1-4H3. The molecule has 0 bridgehead atoms. The van der Waals surface area contributed by atoms with E-state index < -0.39 is 0 Å². The van der Waals surface area contributed by atoms with Crippen LogP contribution < -0.4 is 0 Å². The Morgan fingerprint density at radius 3 is 2.68 bits per heavy atom. The molecule has 3 nitrogen and oxygen atoms in total. The normalized spacial score (nSPS) is 22.2. The molecule has 1 aliphatic carbocycles. The van der Waals surface area contributed by atoms with Gasteiger partial charge in [-0.3, -0.25) is 4.79 Å². The van der Waals surface area contributed by atoms with Gasteiger partial charge < -0.3 is 4.74 Å². The lowest BCUT2D eigenvalue weighted by molar-refractivity contribution is -0.144. The third-order valence-electron chi connectivity index (χ3n) is 3.43. The molecule has 2 rings (SSSR count). The summed E-state index contributed by atoms with van der Waals surface area (Å²) in [5, 5.41) is 0.518.